The van der Waals surface area contributed by atoms with Gasteiger partial charge in [0.15, 0.2) is 0 Å². The van der Waals surface area contributed by atoms with Crippen molar-refractivity contribution in [3.05, 3.63) is 312 Å². The predicted molar refractivity (Wildman–Crippen MR) is 434 cm³/mol. The Morgan fingerprint density at radius 1 is 0.410 bits per heavy atom. The Bertz CT molecular complexity index is 4360. The maximum absolute atomic E-state index is 6.10. The van der Waals surface area contributed by atoms with E-state index in [4.69, 9.17) is 18.8 Å². The molecule has 3 aliphatic rings. The number of benzene rings is 8. The first-order valence-corrected chi connectivity index (χ1v) is 38.2. The zero-order chi connectivity index (χ0) is 72.4. The molecule has 0 bridgehead atoms. The number of ether oxygens (including phenoxy) is 2. The molecule has 0 atom stereocenters. The van der Waals surface area contributed by atoms with Gasteiger partial charge in [-0.15, -0.1) is 142 Å². The number of hydrogen-bond acceptors (Lipinski definition) is 8. The minimum Gasteiger partial charge on any atom is -0.496 e. The SMILES string of the molecule is Brc1ccccc1.COc1cccc(OC)c1-c1ccccc1P(C1CCCCC1)C1CCCCC1.Cc1ccc(-c2[c-]ccc(-c3ccccc3)c2)nc1.Cc1ccc(-c2[c-]ccc(B3OC(C)(C)C(C)(C)O3)c2)nc1.Cc1ccc(-c2[c-]cccc2)nc1.Cc1ccc(-c2[c-]cccc2)nc1.[Ir].[Ir]. The topological polar surface area (TPSA) is 88.5 Å². The summed E-state index contributed by atoms with van der Waals surface area (Å²) < 4.78 is 24.9. The maximum atomic E-state index is 6.10. The summed E-state index contributed by atoms with van der Waals surface area (Å²) in [6.07, 6.45) is 21.7. The van der Waals surface area contributed by atoms with Gasteiger partial charge in [-0.2, -0.15) is 0 Å². The molecule has 8 aromatic carbocycles. The fourth-order valence-electron chi connectivity index (χ4n) is 12.6. The quantitative estimate of drug-likeness (QED) is 0.0679. The Kier molecular flexibility index (Phi) is 33.0. The summed E-state index contributed by atoms with van der Waals surface area (Å²) >= 11 is 3.31. The third-order valence-corrected chi connectivity index (χ3v) is 23.1. The van der Waals surface area contributed by atoms with Crippen LogP contribution in [0, 0.1) is 52.0 Å². The Balaban J connectivity index is 0.000000166. The maximum Gasteiger partial charge on any atom is 0.475 e. The molecule has 2 aliphatic carbocycles. The average molecular weight is 1830 g/mol. The van der Waals surface area contributed by atoms with Crippen molar-refractivity contribution >= 4 is 41.7 Å². The van der Waals surface area contributed by atoms with E-state index in [2.05, 4.69) is 185 Å². The molecule has 0 spiro atoms. The van der Waals surface area contributed by atoms with E-state index in [9.17, 15) is 0 Å². The van der Waals surface area contributed by atoms with Crippen LogP contribution in [0.4, 0.5) is 0 Å². The van der Waals surface area contributed by atoms with E-state index in [1.807, 2.05) is 192 Å². The molecule has 15 rings (SSSR count). The molecule has 0 unspecified atom stereocenters. The van der Waals surface area contributed by atoms with Gasteiger partial charge < -0.3 is 38.7 Å². The normalized spacial score (nSPS) is 14.2. The van der Waals surface area contributed by atoms with Gasteiger partial charge in [0.05, 0.1) is 31.0 Å². The fourth-order valence-corrected chi connectivity index (χ4v) is 16.9. The number of pyridine rings is 4. The minimum absolute atomic E-state index is 0. The van der Waals surface area contributed by atoms with E-state index in [0.717, 1.165) is 88.9 Å². The zero-order valence-electron chi connectivity index (χ0n) is 62.0. The van der Waals surface area contributed by atoms with E-state index >= 15 is 0 Å². The Hall–Kier alpha value is -7.85. The number of aromatic nitrogens is 4. The molecule has 0 N–H and O–H groups in total. The van der Waals surface area contributed by atoms with Gasteiger partial charge in [-0.3, -0.25) is 0 Å². The fraction of sp³-hybridized carbons (Fsp3) is 0.261. The van der Waals surface area contributed by atoms with Gasteiger partial charge in [0, 0.05) is 69.5 Å². The molecular weight excluding hydrogens is 1730 g/mol. The number of halogens is 1. The van der Waals surface area contributed by atoms with E-state index in [0.29, 0.717) is 0 Å². The van der Waals surface area contributed by atoms with Gasteiger partial charge in [-0.1, -0.05) is 190 Å². The van der Waals surface area contributed by atoms with Crippen LogP contribution in [0.3, 0.4) is 0 Å². The molecule has 13 heteroatoms. The summed E-state index contributed by atoms with van der Waals surface area (Å²) in [5.74, 6) is 1.83. The third kappa shape index (κ3) is 24.1. The van der Waals surface area contributed by atoms with Gasteiger partial charge in [0.1, 0.15) is 11.5 Å². The molecule has 4 aromatic heterocycles. The molecular formula is C92H95BBrIr2N4O4P-4. The average Bonchev–Trinajstić information content (AvgIpc) is 1.25. The molecule has 12 aromatic rings. The van der Waals surface area contributed by atoms with E-state index in [1.165, 1.54) is 97.6 Å². The Morgan fingerprint density at radius 2 is 0.810 bits per heavy atom. The first-order chi connectivity index (χ1) is 50.1. The predicted octanol–water partition coefficient (Wildman–Crippen LogP) is 23.0. The molecule has 1 saturated heterocycles. The molecule has 2 saturated carbocycles. The van der Waals surface area contributed by atoms with Crippen molar-refractivity contribution in [3.63, 3.8) is 0 Å². The molecule has 105 heavy (non-hydrogen) atoms. The molecule has 5 heterocycles. The van der Waals surface area contributed by atoms with E-state index < -0.39 is 0 Å². The minimum atomic E-state index is -0.358. The van der Waals surface area contributed by atoms with E-state index in [1.54, 1.807) is 19.5 Å². The van der Waals surface area contributed by atoms with Crippen LogP contribution in [-0.4, -0.2) is 63.8 Å². The van der Waals surface area contributed by atoms with Crippen molar-refractivity contribution in [2.24, 2.45) is 0 Å². The van der Waals surface area contributed by atoms with Crippen LogP contribution >= 0.6 is 23.9 Å². The molecule has 3 fully saturated rings. The van der Waals surface area contributed by atoms with Crippen molar-refractivity contribution in [2.75, 3.05) is 14.2 Å². The van der Waals surface area contributed by atoms with Crippen LogP contribution in [0.2, 0.25) is 0 Å². The van der Waals surface area contributed by atoms with E-state index in [-0.39, 0.29) is 66.5 Å². The standard InChI is InChI=1S/C26H35O2P.C18H21BNO2.C18H14N.2C12H10N.C6H5Br.2Ir/c1-27-23-17-11-18-24(28-2)26(23)22-16-9-10-19-25(22)29(20-12-5-3-6-13-20)21-14-7-4-8-15-21;1-13-9-10-16(20-12-13)14-7-6-8-15(11-14)19-21-17(2,3)18(4,5)22-19;1-14-10-11-18(19-13-14)17-9-5-8-16(12-17)15-6-3-2-4-7-15;2*1-10-7-8-12(13-9-10)11-5-3-2-4-6-11;7-6-4-2-1-3-5-6;;/h9-11,16-21H,3-8,12-15H2,1-2H3;6,8-12H,1-5H3;2-8,10-13H,1H3;2*2-5,7-9H,1H3;1-5H;;/q;4*-1;;;. The second-order valence-electron chi connectivity index (χ2n) is 27.3. The van der Waals surface area contributed by atoms with Gasteiger partial charge in [-0.25, -0.2) is 0 Å². The van der Waals surface area contributed by atoms with Gasteiger partial charge in [-0.05, 0) is 178 Å². The van der Waals surface area contributed by atoms with Crippen molar-refractivity contribution in [3.8, 4) is 78.8 Å². The number of aryl methyl sites for hydroxylation is 4. The van der Waals surface area contributed by atoms with Crippen LogP contribution in [0.5, 0.6) is 11.5 Å². The van der Waals surface area contributed by atoms with Crippen molar-refractivity contribution < 1.29 is 59.0 Å². The summed E-state index contributed by atoms with van der Waals surface area (Å²) in [6, 6.07) is 92.6. The molecule has 1 aliphatic heterocycles. The van der Waals surface area contributed by atoms with Gasteiger partial charge >= 0.3 is 7.12 Å². The zero-order valence-corrected chi connectivity index (χ0v) is 69.3. The summed E-state index contributed by atoms with van der Waals surface area (Å²) in [5, 5.41) is 1.59. The van der Waals surface area contributed by atoms with Crippen LogP contribution in [0.25, 0.3) is 67.3 Å². The smallest absolute Gasteiger partial charge is 0.475 e. The number of methoxy groups -OCH3 is 2. The number of rotatable bonds is 12. The van der Waals surface area contributed by atoms with Crippen molar-refractivity contribution in [2.45, 2.75) is 142 Å². The number of nitrogens with zero attached hydrogens (tertiary/aromatic N) is 4. The molecule has 0 amide bonds. The van der Waals surface area contributed by atoms with Crippen LogP contribution in [-0.2, 0) is 49.5 Å². The summed E-state index contributed by atoms with van der Waals surface area (Å²) in [7, 11) is 3.00. The third-order valence-electron chi connectivity index (χ3n) is 19.0. The molecule has 544 valence electrons. The molecule has 8 nitrogen and oxygen atoms in total. The first kappa shape index (κ1) is 82.8. The second kappa shape index (κ2) is 41.9. The summed E-state index contributed by atoms with van der Waals surface area (Å²) in [5.41, 5.74) is 19.5. The monoisotopic (exact) mass is 1830 g/mol. The first-order valence-electron chi connectivity index (χ1n) is 36.0. The van der Waals surface area contributed by atoms with Crippen LogP contribution < -0.4 is 20.2 Å². The summed E-state index contributed by atoms with van der Waals surface area (Å²) in [4.78, 5) is 17.5. The van der Waals surface area contributed by atoms with Crippen molar-refractivity contribution in [1.82, 2.24) is 19.9 Å². The Morgan fingerprint density at radius 3 is 1.22 bits per heavy atom. The van der Waals surface area contributed by atoms with Crippen LogP contribution in [0.15, 0.2) is 266 Å². The largest absolute Gasteiger partial charge is 0.496 e. The summed E-state index contributed by atoms with van der Waals surface area (Å²) in [6.45, 7) is 16.4. The van der Waals surface area contributed by atoms with Crippen LogP contribution in [0.1, 0.15) is 114 Å². The second-order valence-corrected chi connectivity index (χ2v) is 30.9. The molecule has 2 radical (unpaired) electrons. The number of hydrogen-bond donors (Lipinski definition) is 0. The van der Waals surface area contributed by atoms with Crippen molar-refractivity contribution in [1.29, 1.82) is 0 Å². The van der Waals surface area contributed by atoms with Gasteiger partial charge in [0.25, 0.3) is 0 Å². The Labute approximate surface area is 662 Å². The van der Waals surface area contributed by atoms with Gasteiger partial charge in [0.2, 0.25) is 0 Å².